The molecule has 1 N–H and O–H groups in total. The zero-order valence-electron chi connectivity index (χ0n) is 11.2. The van der Waals surface area contributed by atoms with E-state index in [1.54, 1.807) is 0 Å². The van der Waals surface area contributed by atoms with Gasteiger partial charge in [0.25, 0.3) is 0 Å². The lowest BCUT2D eigenvalue weighted by Crippen LogP contribution is -2.57. The molecule has 2 atom stereocenters. The van der Waals surface area contributed by atoms with Gasteiger partial charge in [-0.2, -0.15) is 0 Å². The Kier molecular flexibility index (Phi) is 4.43. The molecule has 1 aliphatic carbocycles. The van der Waals surface area contributed by atoms with Crippen molar-refractivity contribution in [2.75, 3.05) is 13.1 Å². The van der Waals surface area contributed by atoms with Crippen LogP contribution in [-0.2, 0) is 4.79 Å². The summed E-state index contributed by atoms with van der Waals surface area (Å²) in [6.07, 6.45) is 7.33. The van der Waals surface area contributed by atoms with E-state index in [2.05, 4.69) is 24.1 Å². The van der Waals surface area contributed by atoms with E-state index in [1.165, 1.54) is 32.1 Å². The summed E-state index contributed by atoms with van der Waals surface area (Å²) in [6.45, 7) is 6.20. The van der Waals surface area contributed by atoms with Crippen molar-refractivity contribution in [1.29, 1.82) is 0 Å². The average Bonchev–Trinajstić information content (AvgIpc) is 2.30. The van der Waals surface area contributed by atoms with E-state index in [4.69, 9.17) is 0 Å². The van der Waals surface area contributed by atoms with E-state index in [9.17, 15) is 4.79 Å². The first-order valence-corrected chi connectivity index (χ1v) is 7.20. The fourth-order valence-corrected chi connectivity index (χ4v) is 3.37. The Balaban J connectivity index is 1.88. The van der Waals surface area contributed by atoms with Crippen molar-refractivity contribution in [3.8, 4) is 0 Å². The standard InChI is InChI=1S/C14H26N2O/c1-11-9-15-10-12(2)16(11)14(17)8-13-6-4-3-5-7-13/h11-13,15H,3-10H2,1-2H3. The third kappa shape index (κ3) is 3.21. The van der Waals surface area contributed by atoms with Crippen LogP contribution in [0, 0.1) is 5.92 Å². The van der Waals surface area contributed by atoms with Crippen LogP contribution in [0.5, 0.6) is 0 Å². The maximum absolute atomic E-state index is 12.4. The number of piperazine rings is 1. The predicted molar refractivity (Wildman–Crippen MR) is 69.8 cm³/mol. The normalized spacial score (nSPS) is 31.5. The summed E-state index contributed by atoms with van der Waals surface area (Å²) in [5.41, 5.74) is 0. The van der Waals surface area contributed by atoms with Crippen molar-refractivity contribution in [1.82, 2.24) is 10.2 Å². The highest BCUT2D eigenvalue weighted by Gasteiger charge is 2.30. The highest BCUT2D eigenvalue weighted by molar-refractivity contribution is 5.77. The molecule has 0 radical (unpaired) electrons. The molecule has 0 aromatic rings. The Labute approximate surface area is 105 Å². The van der Waals surface area contributed by atoms with Gasteiger partial charge in [-0.3, -0.25) is 4.79 Å². The van der Waals surface area contributed by atoms with Gasteiger partial charge in [0.15, 0.2) is 0 Å². The van der Waals surface area contributed by atoms with E-state index in [1.807, 2.05) is 0 Å². The molecule has 1 aliphatic heterocycles. The van der Waals surface area contributed by atoms with E-state index in [0.717, 1.165) is 19.5 Å². The first kappa shape index (κ1) is 12.9. The molecule has 1 saturated carbocycles. The summed E-state index contributed by atoms with van der Waals surface area (Å²) in [5.74, 6) is 1.05. The molecular weight excluding hydrogens is 212 g/mol. The van der Waals surface area contributed by atoms with Crippen LogP contribution in [0.2, 0.25) is 0 Å². The van der Waals surface area contributed by atoms with Gasteiger partial charge >= 0.3 is 0 Å². The zero-order valence-corrected chi connectivity index (χ0v) is 11.2. The topological polar surface area (TPSA) is 32.3 Å². The number of carbonyl (C=O) groups is 1. The first-order valence-electron chi connectivity index (χ1n) is 7.20. The van der Waals surface area contributed by atoms with Crippen molar-refractivity contribution in [3.05, 3.63) is 0 Å². The third-order valence-corrected chi connectivity index (χ3v) is 4.31. The highest BCUT2D eigenvalue weighted by atomic mass is 16.2. The van der Waals surface area contributed by atoms with Crippen molar-refractivity contribution < 1.29 is 4.79 Å². The molecule has 1 heterocycles. The molecule has 0 bridgehead atoms. The molecular formula is C14H26N2O. The van der Waals surface area contributed by atoms with Crippen LogP contribution in [0.15, 0.2) is 0 Å². The third-order valence-electron chi connectivity index (χ3n) is 4.31. The van der Waals surface area contributed by atoms with Crippen molar-refractivity contribution in [3.63, 3.8) is 0 Å². The van der Waals surface area contributed by atoms with Crippen LogP contribution in [0.4, 0.5) is 0 Å². The lowest BCUT2D eigenvalue weighted by molar-refractivity contribution is -0.137. The van der Waals surface area contributed by atoms with E-state index < -0.39 is 0 Å². The van der Waals surface area contributed by atoms with Crippen LogP contribution < -0.4 is 5.32 Å². The Morgan fingerprint density at radius 2 is 1.71 bits per heavy atom. The van der Waals surface area contributed by atoms with Gasteiger partial charge in [0.2, 0.25) is 5.91 Å². The number of carbonyl (C=O) groups excluding carboxylic acids is 1. The fourth-order valence-electron chi connectivity index (χ4n) is 3.37. The number of hydrogen-bond acceptors (Lipinski definition) is 2. The Bertz CT molecular complexity index is 251. The number of hydrogen-bond donors (Lipinski definition) is 1. The molecule has 1 amide bonds. The van der Waals surface area contributed by atoms with Crippen LogP contribution in [-0.4, -0.2) is 36.0 Å². The minimum Gasteiger partial charge on any atom is -0.335 e. The fraction of sp³-hybridized carbons (Fsp3) is 0.929. The lowest BCUT2D eigenvalue weighted by Gasteiger charge is -2.40. The second-order valence-corrected chi connectivity index (χ2v) is 5.87. The molecule has 3 heteroatoms. The second-order valence-electron chi connectivity index (χ2n) is 5.87. The van der Waals surface area contributed by atoms with Crippen molar-refractivity contribution in [2.45, 2.75) is 64.5 Å². The van der Waals surface area contributed by atoms with Crippen LogP contribution in [0.1, 0.15) is 52.4 Å². The number of nitrogens with one attached hydrogen (secondary N) is 1. The molecule has 17 heavy (non-hydrogen) atoms. The van der Waals surface area contributed by atoms with Crippen LogP contribution in [0.25, 0.3) is 0 Å². The quantitative estimate of drug-likeness (QED) is 0.799. The van der Waals surface area contributed by atoms with Gasteiger partial charge in [-0.15, -0.1) is 0 Å². The van der Waals surface area contributed by atoms with Gasteiger partial charge < -0.3 is 10.2 Å². The molecule has 3 nitrogen and oxygen atoms in total. The lowest BCUT2D eigenvalue weighted by atomic mass is 9.86. The molecule has 98 valence electrons. The van der Waals surface area contributed by atoms with Gasteiger partial charge in [-0.05, 0) is 32.6 Å². The number of amides is 1. The summed E-state index contributed by atoms with van der Waals surface area (Å²) in [6, 6.07) is 0.713. The molecule has 2 aliphatic rings. The summed E-state index contributed by atoms with van der Waals surface area (Å²) in [7, 11) is 0. The van der Waals surface area contributed by atoms with Crippen molar-refractivity contribution >= 4 is 5.91 Å². The molecule has 1 saturated heterocycles. The molecule has 0 spiro atoms. The predicted octanol–water partition coefficient (Wildman–Crippen LogP) is 2.17. The number of nitrogens with zero attached hydrogens (tertiary/aromatic N) is 1. The minimum absolute atomic E-state index is 0.356. The smallest absolute Gasteiger partial charge is 0.223 e. The Hall–Kier alpha value is -0.570. The zero-order chi connectivity index (χ0) is 12.3. The minimum atomic E-state index is 0.356. The van der Waals surface area contributed by atoms with E-state index in [0.29, 0.717) is 23.9 Å². The number of rotatable bonds is 2. The van der Waals surface area contributed by atoms with Crippen molar-refractivity contribution in [2.24, 2.45) is 5.92 Å². The van der Waals surface area contributed by atoms with E-state index in [-0.39, 0.29) is 0 Å². The SMILES string of the molecule is CC1CNCC(C)N1C(=O)CC1CCCCC1. The second kappa shape index (κ2) is 5.85. The summed E-state index contributed by atoms with van der Waals surface area (Å²) in [5, 5.41) is 3.38. The van der Waals surface area contributed by atoms with Crippen LogP contribution >= 0.6 is 0 Å². The van der Waals surface area contributed by atoms with Gasteiger partial charge in [0.05, 0.1) is 0 Å². The average molecular weight is 238 g/mol. The largest absolute Gasteiger partial charge is 0.335 e. The molecule has 0 aromatic carbocycles. The summed E-state index contributed by atoms with van der Waals surface area (Å²) < 4.78 is 0. The monoisotopic (exact) mass is 238 g/mol. The van der Waals surface area contributed by atoms with Gasteiger partial charge in [0.1, 0.15) is 0 Å². The van der Waals surface area contributed by atoms with Crippen LogP contribution in [0.3, 0.4) is 0 Å². The highest BCUT2D eigenvalue weighted by Crippen LogP contribution is 2.27. The Morgan fingerprint density at radius 1 is 1.12 bits per heavy atom. The molecule has 2 rings (SSSR count). The molecule has 0 aromatic heterocycles. The maximum Gasteiger partial charge on any atom is 0.223 e. The molecule has 2 fully saturated rings. The Morgan fingerprint density at radius 3 is 2.29 bits per heavy atom. The summed E-state index contributed by atoms with van der Waals surface area (Å²) in [4.78, 5) is 14.5. The van der Waals surface area contributed by atoms with Gasteiger partial charge in [-0.25, -0.2) is 0 Å². The maximum atomic E-state index is 12.4. The van der Waals surface area contributed by atoms with Gasteiger partial charge in [-0.1, -0.05) is 19.3 Å². The van der Waals surface area contributed by atoms with E-state index >= 15 is 0 Å². The van der Waals surface area contributed by atoms with Gasteiger partial charge in [0, 0.05) is 31.6 Å². The summed E-state index contributed by atoms with van der Waals surface area (Å²) >= 11 is 0. The first-order chi connectivity index (χ1) is 8.18. The molecule has 2 unspecified atom stereocenters.